The van der Waals surface area contributed by atoms with E-state index < -0.39 is 21.8 Å². The molecule has 1 atom stereocenters. The van der Waals surface area contributed by atoms with E-state index in [0.717, 1.165) is 12.1 Å². The molecule has 0 spiro atoms. The second-order valence-corrected chi connectivity index (χ2v) is 6.37. The molecule has 7 heteroatoms. The molecule has 0 fully saturated rings. The van der Waals surface area contributed by atoms with Gasteiger partial charge in [-0.25, -0.2) is 17.5 Å². The van der Waals surface area contributed by atoms with Gasteiger partial charge in [-0.3, -0.25) is 4.79 Å². The third-order valence-corrected chi connectivity index (χ3v) is 4.61. The second-order valence-electron chi connectivity index (χ2n) is 4.63. The van der Waals surface area contributed by atoms with E-state index >= 15 is 0 Å². The Hall–Kier alpha value is -1.47. The van der Waals surface area contributed by atoms with E-state index in [1.54, 1.807) is 6.92 Å². The molecule has 2 N–H and O–H groups in total. The van der Waals surface area contributed by atoms with Crippen molar-refractivity contribution in [3.05, 3.63) is 29.6 Å². The molecule has 0 heterocycles. The summed E-state index contributed by atoms with van der Waals surface area (Å²) in [7, 11) is -3.76. The first-order chi connectivity index (χ1) is 9.26. The maximum atomic E-state index is 13.0. The first-order valence-electron chi connectivity index (χ1n) is 6.24. The summed E-state index contributed by atoms with van der Waals surface area (Å²) in [6, 6.07) is 3.42. The van der Waals surface area contributed by atoms with Gasteiger partial charge in [0, 0.05) is 13.0 Å². The molecule has 1 rings (SSSR count). The van der Waals surface area contributed by atoms with Crippen LogP contribution in [0.2, 0.25) is 0 Å². The van der Waals surface area contributed by atoms with Crippen LogP contribution in [-0.4, -0.2) is 26.0 Å². The van der Waals surface area contributed by atoms with Gasteiger partial charge in [0.1, 0.15) is 5.82 Å². The van der Waals surface area contributed by atoms with Gasteiger partial charge in [-0.1, -0.05) is 13.3 Å². The SMILES string of the molecule is CCC(CNS(=O)(=O)c1ccc(F)cc1C)CC(=O)O. The van der Waals surface area contributed by atoms with Crippen molar-refractivity contribution in [3.8, 4) is 0 Å². The normalized spacial score (nSPS) is 13.2. The zero-order chi connectivity index (χ0) is 15.3. The van der Waals surface area contributed by atoms with Crippen LogP contribution in [-0.2, 0) is 14.8 Å². The minimum absolute atomic E-state index is 0.00378. The summed E-state index contributed by atoms with van der Waals surface area (Å²) in [6.07, 6.45) is 0.457. The van der Waals surface area contributed by atoms with Gasteiger partial charge in [-0.05, 0) is 36.6 Å². The van der Waals surface area contributed by atoms with Crippen molar-refractivity contribution in [2.75, 3.05) is 6.54 Å². The highest BCUT2D eigenvalue weighted by molar-refractivity contribution is 7.89. The molecule has 5 nitrogen and oxygen atoms in total. The highest BCUT2D eigenvalue weighted by atomic mass is 32.2. The summed E-state index contributed by atoms with van der Waals surface area (Å²) in [5.41, 5.74) is 0.309. The molecule has 1 aromatic carbocycles. The third-order valence-electron chi connectivity index (χ3n) is 3.03. The number of aryl methyl sites for hydroxylation is 1. The zero-order valence-corrected chi connectivity index (χ0v) is 12.2. The number of carboxylic acids is 1. The van der Waals surface area contributed by atoms with Crippen LogP contribution in [0.15, 0.2) is 23.1 Å². The smallest absolute Gasteiger partial charge is 0.303 e. The van der Waals surface area contributed by atoms with Crippen LogP contribution in [0.5, 0.6) is 0 Å². The number of nitrogens with one attached hydrogen (secondary N) is 1. The Balaban J connectivity index is 2.82. The predicted octanol–water partition coefficient (Wildman–Crippen LogP) is 1.91. The Morgan fingerprint density at radius 2 is 2.10 bits per heavy atom. The topological polar surface area (TPSA) is 83.5 Å². The molecule has 0 saturated carbocycles. The first kappa shape index (κ1) is 16.6. The summed E-state index contributed by atoms with van der Waals surface area (Å²) in [4.78, 5) is 10.6. The van der Waals surface area contributed by atoms with Crippen LogP contribution < -0.4 is 4.72 Å². The van der Waals surface area contributed by atoms with Gasteiger partial charge < -0.3 is 5.11 Å². The van der Waals surface area contributed by atoms with E-state index in [0.29, 0.717) is 12.0 Å². The second kappa shape index (κ2) is 6.81. The highest BCUT2D eigenvalue weighted by Crippen LogP contribution is 2.17. The average Bonchev–Trinajstić information content (AvgIpc) is 2.33. The number of carbonyl (C=O) groups is 1. The highest BCUT2D eigenvalue weighted by Gasteiger charge is 2.19. The lowest BCUT2D eigenvalue weighted by Gasteiger charge is -2.14. The lowest BCUT2D eigenvalue weighted by atomic mass is 10.0. The van der Waals surface area contributed by atoms with Gasteiger partial charge in [0.2, 0.25) is 10.0 Å². The van der Waals surface area contributed by atoms with Crippen molar-refractivity contribution < 1.29 is 22.7 Å². The molecule has 0 aromatic heterocycles. The van der Waals surface area contributed by atoms with Gasteiger partial charge in [0.05, 0.1) is 4.90 Å². The Labute approximate surface area is 117 Å². The Bertz CT molecular complexity index is 586. The summed E-state index contributed by atoms with van der Waals surface area (Å²) >= 11 is 0. The molecular formula is C13H18FNO4S. The predicted molar refractivity (Wildman–Crippen MR) is 72.4 cm³/mol. The molecule has 0 aliphatic rings. The summed E-state index contributed by atoms with van der Waals surface area (Å²) in [5.74, 6) is -1.74. The molecular weight excluding hydrogens is 285 g/mol. The number of halogens is 1. The number of hydrogen-bond donors (Lipinski definition) is 2. The largest absolute Gasteiger partial charge is 0.481 e. The van der Waals surface area contributed by atoms with Crippen LogP contribution in [0, 0.1) is 18.7 Å². The summed E-state index contributed by atoms with van der Waals surface area (Å²) in [5, 5.41) is 8.72. The number of aliphatic carboxylic acids is 1. The molecule has 0 aliphatic carbocycles. The van der Waals surface area contributed by atoms with E-state index in [-0.39, 0.29) is 23.8 Å². The van der Waals surface area contributed by atoms with Crippen LogP contribution >= 0.6 is 0 Å². The number of sulfonamides is 1. The number of rotatable bonds is 7. The van der Waals surface area contributed by atoms with Crippen molar-refractivity contribution in [1.82, 2.24) is 4.72 Å². The Morgan fingerprint density at radius 1 is 1.45 bits per heavy atom. The molecule has 20 heavy (non-hydrogen) atoms. The fourth-order valence-corrected chi connectivity index (χ4v) is 3.17. The van der Waals surface area contributed by atoms with E-state index in [9.17, 15) is 17.6 Å². The van der Waals surface area contributed by atoms with Crippen molar-refractivity contribution in [3.63, 3.8) is 0 Å². The molecule has 0 bridgehead atoms. The summed E-state index contributed by atoms with van der Waals surface area (Å²) < 4.78 is 39.5. The number of carboxylic acid groups (broad SMARTS) is 1. The standard InChI is InChI=1S/C13H18FNO4S/c1-3-10(7-13(16)17)8-15-20(18,19)12-5-4-11(14)6-9(12)2/h4-6,10,15H,3,7-8H2,1-2H3,(H,16,17). The summed E-state index contributed by atoms with van der Waals surface area (Å²) in [6.45, 7) is 3.35. The molecule has 1 unspecified atom stereocenters. The fraction of sp³-hybridized carbons (Fsp3) is 0.462. The van der Waals surface area contributed by atoms with Gasteiger partial charge in [0.25, 0.3) is 0 Å². The molecule has 0 radical (unpaired) electrons. The van der Waals surface area contributed by atoms with Gasteiger partial charge in [-0.2, -0.15) is 0 Å². The van der Waals surface area contributed by atoms with E-state index in [1.165, 1.54) is 13.0 Å². The van der Waals surface area contributed by atoms with E-state index in [2.05, 4.69) is 4.72 Å². The number of benzene rings is 1. The first-order valence-corrected chi connectivity index (χ1v) is 7.72. The maximum Gasteiger partial charge on any atom is 0.303 e. The van der Waals surface area contributed by atoms with Gasteiger partial charge in [-0.15, -0.1) is 0 Å². The van der Waals surface area contributed by atoms with Gasteiger partial charge in [0.15, 0.2) is 0 Å². The lowest BCUT2D eigenvalue weighted by molar-refractivity contribution is -0.138. The Kier molecular flexibility index (Phi) is 5.64. The van der Waals surface area contributed by atoms with E-state index in [4.69, 9.17) is 5.11 Å². The fourth-order valence-electron chi connectivity index (χ4n) is 1.83. The molecule has 0 saturated heterocycles. The molecule has 112 valence electrons. The maximum absolute atomic E-state index is 13.0. The lowest BCUT2D eigenvalue weighted by Crippen LogP contribution is -2.30. The van der Waals surface area contributed by atoms with Crippen molar-refractivity contribution in [2.45, 2.75) is 31.6 Å². The molecule has 0 amide bonds. The number of hydrogen-bond acceptors (Lipinski definition) is 3. The average molecular weight is 303 g/mol. The minimum Gasteiger partial charge on any atom is -0.481 e. The monoisotopic (exact) mass is 303 g/mol. The van der Waals surface area contributed by atoms with E-state index in [1.807, 2.05) is 0 Å². The molecule has 0 aliphatic heterocycles. The quantitative estimate of drug-likeness (QED) is 0.806. The van der Waals surface area contributed by atoms with Crippen LogP contribution in [0.4, 0.5) is 4.39 Å². The van der Waals surface area contributed by atoms with Crippen LogP contribution in [0.1, 0.15) is 25.3 Å². The minimum atomic E-state index is -3.76. The van der Waals surface area contributed by atoms with Crippen molar-refractivity contribution in [1.29, 1.82) is 0 Å². The van der Waals surface area contributed by atoms with Crippen LogP contribution in [0.3, 0.4) is 0 Å². The van der Waals surface area contributed by atoms with Gasteiger partial charge >= 0.3 is 5.97 Å². The zero-order valence-electron chi connectivity index (χ0n) is 11.4. The van der Waals surface area contributed by atoms with Crippen molar-refractivity contribution >= 4 is 16.0 Å². The third kappa shape index (κ3) is 4.57. The van der Waals surface area contributed by atoms with Crippen LogP contribution in [0.25, 0.3) is 0 Å². The molecule has 1 aromatic rings. The van der Waals surface area contributed by atoms with Crippen molar-refractivity contribution in [2.24, 2.45) is 5.92 Å². The Morgan fingerprint density at radius 3 is 2.60 bits per heavy atom.